The number of methoxy groups -OCH3 is 1. The molecule has 2 aromatic carbocycles. The molecule has 2 aromatic heterocycles. The van der Waals surface area contributed by atoms with E-state index in [0.717, 1.165) is 0 Å². The number of aromatic nitrogens is 2. The van der Waals surface area contributed by atoms with Crippen LogP contribution in [0.2, 0.25) is 0 Å². The van der Waals surface area contributed by atoms with Crippen molar-refractivity contribution in [3.63, 3.8) is 0 Å². The minimum absolute atomic E-state index is 0.00470. The van der Waals surface area contributed by atoms with Crippen LogP contribution in [0, 0.1) is 6.92 Å². The maximum Gasteiger partial charge on any atom is 0.416 e. The van der Waals surface area contributed by atoms with Crippen LogP contribution in [0.3, 0.4) is 0 Å². The molecule has 2 fully saturated rings. The van der Waals surface area contributed by atoms with Crippen LogP contribution in [0.1, 0.15) is 72.1 Å². The van der Waals surface area contributed by atoms with E-state index in [1.807, 2.05) is 0 Å². The highest BCUT2D eigenvalue weighted by atomic mass is 19.4. The number of aryl methyl sites for hydroxylation is 1. The van der Waals surface area contributed by atoms with Crippen LogP contribution in [-0.2, 0) is 28.4 Å². The predicted molar refractivity (Wildman–Crippen MR) is 188 cm³/mol. The number of benzene rings is 2. The van der Waals surface area contributed by atoms with Crippen molar-refractivity contribution in [3.05, 3.63) is 94.3 Å². The first kappa shape index (κ1) is 40.8. The van der Waals surface area contributed by atoms with Crippen LogP contribution >= 0.6 is 0 Å². The largest absolute Gasteiger partial charge is 0.481 e. The molecule has 0 aliphatic carbocycles. The molecule has 3 unspecified atom stereocenters. The van der Waals surface area contributed by atoms with E-state index in [-0.39, 0.29) is 30.0 Å². The van der Waals surface area contributed by atoms with Crippen LogP contribution in [0.25, 0.3) is 22.3 Å². The lowest BCUT2D eigenvalue weighted by molar-refractivity contribution is -0.154. The second-order valence-corrected chi connectivity index (χ2v) is 14.8. The average Bonchev–Trinajstić information content (AvgIpc) is 3.37. The van der Waals surface area contributed by atoms with Crippen molar-refractivity contribution < 1.29 is 59.2 Å². The third kappa shape index (κ3) is 8.59. The first-order chi connectivity index (χ1) is 25.9. The molecule has 2 saturated heterocycles. The van der Waals surface area contributed by atoms with E-state index in [1.165, 1.54) is 29.9 Å². The highest BCUT2D eigenvalue weighted by molar-refractivity contribution is 5.91. The third-order valence-electron chi connectivity index (χ3n) is 9.42. The highest BCUT2D eigenvalue weighted by Gasteiger charge is 2.46. The Balaban J connectivity index is 1.39. The fourth-order valence-electron chi connectivity index (χ4n) is 6.71. The quantitative estimate of drug-likeness (QED) is 0.139. The van der Waals surface area contributed by atoms with Crippen molar-refractivity contribution in [2.75, 3.05) is 25.1 Å². The summed E-state index contributed by atoms with van der Waals surface area (Å²) in [7, 11) is 1.38. The Kier molecular flexibility index (Phi) is 10.6. The van der Waals surface area contributed by atoms with Crippen molar-refractivity contribution >= 4 is 11.8 Å². The fraction of sp³-hybridized carbons (Fsp3) is 0.410. The molecule has 17 heteroatoms. The Morgan fingerprint density at radius 2 is 1.55 bits per heavy atom. The van der Waals surface area contributed by atoms with E-state index in [1.54, 1.807) is 64.2 Å². The van der Waals surface area contributed by atoms with E-state index >= 15 is 0 Å². The average molecular weight is 795 g/mol. The van der Waals surface area contributed by atoms with Gasteiger partial charge in [-0.3, -0.25) is 0 Å². The number of hydrogen-bond acceptors (Lipinski definition) is 9. The maximum atomic E-state index is 13.9. The SMILES string of the molecule is COc1ncc(-c2ccc(C(=O)OC(C)(C)C)cc2C)cc1-c1ccc(N2CC(F)(F)C2)nc1CN1C(O)OC(c2cc(C(F)(F)F)cc(C(F)(F)F)c2)C1C. The van der Waals surface area contributed by atoms with Gasteiger partial charge in [0.2, 0.25) is 12.3 Å². The normalized spacial score (nSPS) is 20.2. The first-order valence-electron chi connectivity index (χ1n) is 17.3. The van der Waals surface area contributed by atoms with E-state index in [0.29, 0.717) is 45.5 Å². The summed E-state index contributed by atoms with van der Waals surface area (Å²) in [4.78, 5) is 24.5. The van der Waals surface area contributed by atoms with Gasteiger partial charge in [-0.1, -0.05) is 6.07 Å². The van der Waals surface area contributed by atoms with Crippen molar-refractivity contribution in [2.45, 2.75) is 83.6 Å². The van der Waals surface area contributed by atoms with Gasteiger partial charge in [0.1, 0.15) is 17.5 Å². The number of aliphatic hydroxyl groups excluding tert-OH is 1. The molecule has 0 amide bonds. The van der Waals surface area contributed by atoms with Gasteiger partial charge >= 0.3 is 18.3 Å². The topological polar surface area (TPSA) is 97.3 Å². The van der Waals surface area contributed by atoms with Gasteiger partial charge in [0.05, 0.1) is 42.6 Å². The number of nitrogens with zero attached hydrogens (tertiary/aromatic N) is 4. The summed E-state index contributed by atoms with van der Waals surface area (Å²) in [5.41, 5.74) is -0.977. The lowest BCUT2D eigenvalue weighted by Crippen LogP contribution is -2.56. The summed E-state index contributed by atoms with van der Waals surface area (Å²) in [6.07, 6.45) is -11.9. The molecule has 3 atom stereocenters. The third-order valence-corrected chi connectivity index (χ3v) is 9.42. The number of rotatable bonds is 8. The molecule has 300 valence electrons. The number of carbonyl (C=O) groups is 1. The molecule has 6 rings (SSSR count). The summed E-state index contributed by atoms with van der Waals surface area (Å²) < 4.78 is 127. The number of hydrogen-bond donors (Lipinski definition) is 1. The second kappa shape index (κ2) is 14.6. The molecule has 9 nitrogen and oxygen atoms in total. The summed E-state index contributed by atoms with van der Waals surface area (Å²) in [6.45, 7) is 7.01. The number of alkyl halides is 8. The molecule has 0 spiro atoms. The van der Waals surface area contributed by atoms with Crippen LogP contribution in [0.15, 0.2) is 60.8 Å². The molecule has 2 aliphatic rings. The number of aliphatic hydroxyl groups is 1. The minimum Gasteiger partial charge on any atom is -0.481 e. The zero-order valence-corrected chi connectivity index (χ0v) is 31.0. The highest BCUT2D eigenvalue weighted by Crippen LogP contribution is 2.43. The molecule has 4 aromatic rings. The summed E-state index contributed by atoms with van der Waals surface area (Å²) in [5.74, 6) is -3.15. The molecule has 1 N–H and O–H groups in total. The van der Waals surface area contributed by atoms with Gasteiger partial charge in [-0.15, -0.1) is 0 Å². The summed E-state index contributed by atoms with van der Waals surface area (Å²) >= 11 is 0. The van der Waals surface area contributed by atoms with Crippen molar-refractivity contribution in [1.29, 1.82) is 0 Å². The summed E-state index contributed by atoms with van der Waals surface area (Å²) in [6, 6.07) is 9.96. The Morgan fingerprint density at radius 1 is 0.929 bits per heavy atom. The Bertz CT molecular complexity index is 2100. The van der Waals surface area contributed by atoms with E-state index < -0.39 is 78.2 Å². The second-order valence-electron chi connectivity index (χ2n) is 14.8. The molecule has 0 bridgehead atoms. The van der Waals surface area contributed by atoms with Crippen LogP contribution in [0.5, 0.6) is 5.88 Å². The van der Waals surface area contributed by atoms with Crippen molar-refractivity contribution in [2.24, 2.45) is 0 Å². The van der Waals surface area contributed by atoms with Crippen molar-refractivity contribution in [1.82, 2.24) is 14.9 Å². The lowest BCUT2D eigenvalue weighted by atomic mass is 9.95. The Morgan fingerprint density at radius 3 is 2.11 bits per heavy atom. The van der Waals surface area contributed by atoms with Crippen molar-refractivity contribution in [3.8, 4) is 28.1 Å². The molecule has 4 heterocycles. The number of ether oxygens (including phenoxy) is 3. The number of pyridine rings is 2. The zero-order chi connectivity index (χ0) is 41.1. The standard InChI is InChI=1S/C39H38F8N4O5/c1-20-11-22(34(52)56-36(3,4)5)7-8-27(20)24-14-29(33(54-6)48-16-24)28-9-10-31(50-18-37(40,41)19-50)49-30(28)17-51-21(2)32(55-35(51)53)23-12-25(38(42,43)44)15-26(13-23)39(45,46)47/h7-16,21,32,35,53H,17-19H2,1-6H3. The smallest absolute Gasteiger partial charge is 0.416 e. The number of halogens is 8. The van der Waals surface area contributed by atoms with Gasteiger partial charge < -0.3 is 24.2 Å². The monoisotopic (exact) mass is 794 g/mol. The van der Waals surface area contributed by atoms with Crippen LogP contribution in [-0.4, -0.2) is 70.1 Å². The van der Waals surface area contributed by atoms with Gasteiger partial charge in [0.15, 0.2) is 0 Å². The molecule has 56 heavy (non-hydrogen) atoms. The van der Waals surface area contributed by atoms with Gasteiger partial charge in [-0.2, -0.15) is 26.3 Å². The minimum atomic E-state index is -5.11. The molecule has 0 radical (unpaired) electrons. The molecule has 2 aliphatic heterocycles. The van der Waals surface area contributed by atoms with Crippen LogP contribution < -0.4 is 9.64 Å². The zero-order valence-electron chi connectivity index (χ0n) is 31.0. The Hall–Kier alpha value is -4.87. The van der Waals surface area contributed by atoms with Gasteiger partial charge in [0.25, 0.3) is 5.92 Å². The van der Waals surface area contributed by atoms with Crippen LogP contribution in [0.4, 0.5) is 40.9 Å². The van der Waals surface area contributed by atoms with Gasteiger partial charge in [-0.25, -0.2) is 28.4 Å². The molecular weight excluding hydrogens is 756 g/mol. The molecule has 0 saturated carbocycles. The van der Waals surface area contributed by atoms with Gasteiger partial charge in [0, 0.05) is 35.5 Å². The fourth-order valence-corrected chi connectivity index (χ4v) is 6.71. The number of carbonyl (C=O) groups excluding carboxylic acids is 1. The predicted octanol–water partition coefficient (Wildman–Crippen LogP) is 8.81. The number of esters is 1. The number of anilines is 1. The van der Waals surface area contributed by atoms with E-state index in [2.05, 4.69) is 9.97 Å². The lowest BCUT2D eigenvalue weighted by Gasteiger charge is -2.39. The Labute approximate surface area is 316 Å². The summed E-state index contributed by atoms with van der Waals surface area (Å²) in [5, 5.41) is 11.1. The first-order valence-corrected chi connectivity index (χ1v) is 17.3. The van der Waals surface area contributed by atoms with Gasteiger partial charge in [-0.05, 0) is 99.8 Å². The molecular formula is C39H38F8N4O5. The van der Waals surface area contributed by atoms with E-state index in [9.17, 15) is 45.0 Å². The van der Waals surface area contributed by atoms with E-state index in [4.69, 9.17) is 14.2 Å². The maximum absolute atomic E-state index is 13.9.